The van der Waals surface area contributed by atoms with Crippen molar-refractivity contribution >= 4 is 34.2 Å². The van der Waals surface area contributed by atoms with Crippen LogP contribution in [-0.2, 0) is 11.2 Å². The Labute approximate surface area is 165 Å². The number of hydrogen-bond acceptors (Lipinski definition) is 4. The third-order valence-electron chi connectivity index (χ3n) is 4.98. The van der Waals surface area contributed by atoms with E-state index in [-0.39, 0.29) is 23.9 Å². The summed E-state index contributed by atoms with van der Waals surface area (Å²) in [6, 6.07) is 19.1. The number of nitrogens with one attached hydrogen (secondary N) is 2. The summed E-state index contributed by atoms with van der Waals surface area (Å²) >= 11 is 0. The minimum absolute atomic E-state index is 0.0709. The SMILES string of the molecule is O=C(Cc1nc2ccccc2[nH]1)Nc1ccc2c(c1)C(=O)c1ccccc1C2=O. The van der Waals surface area contributed by atoms with Gasteiger partial charge in [-0.2, -0.15) is 0 Å². The Morgan fingerprint density at radius 1 is 0.828 bits per heavy atom. The van der Waals surface area contributed by atoms with Gasteiger partial charge in [-0.05, 0) is 30.3 Å². The van der Waals surface area contributed by atoms with E-state index in [2.05, 4.69) is 15.3 Å². The third kappa shape index (κ3) is 2.91. The number of para-hydroxylation sites is 2. The van der Waals surface area contributed by atoms with E-state index < -0.39 is 0 Å². The molecule has 1 amide bonds. The van der Waals surface area contributed by atoms with Crippen LogP contribution in [0.25, 0.3) is 11.0 Å². The Balaban J connectivity index is 1.39. The molecule has 6 nitrogen and oxygen atoms in total. The highest BCUT2D eigenvalue weighted by molar-refractivity contribution is 6.28. The Kier molecular flexibility index (Phi) is 3.84. The molecule has 0 radical (unpaired) electrons. The highest BCUT2D eigenvalue weighted by Gasteiger charge is 2.29. The molecular weight excluding hydrogens is 366 g/mol. The molecule has 0 fully saturated rings. The number of aromatic amines is 1. The number of anilines is 1. The fourth-order valence-electron chi connectivity index (χ4n) is 3.62. The molecule has 0 aliphatic heterocycles. The highest BCUT2D eigenvalue weighted by atomic mass is 16.2. The molecule has 0 spiro atoms. The summed E-state index contributed by atoms with van der Waals surface area (Å²) in [6.07, 6.45) is 0.0709. The van der Waals surface area contributed by atoms with Gasteiger partial charge in [-0.15, -0.1) is 0 Å². The summed E-state index contributed by atoms with van der Waals surface area (Å²) in [6.45, 7) is 0. The predicted octanol–water partition coefficient (Wildman–Crippen LogP) is 3.52. The topological polar surface area (TPSA) is 91.9 Å². The number of H-pyrrole nitrogens is 1. The molecule has 0 bridgehead atoms. The monoisotopic (exact) mass is 381 g/mol. The van der Waals surface area contributed by atoms with Gasteiger partial charge in [-0.1, -0.05) is 36.4 Å². The van der Waals surface area contributed by atoms with Gasteiger partial charge in [0, 0.05) is 27.9 Å². The van der Waals surface area contributed by atoms with Crippen molar-refractivity contribution in [1.29, 1.82) is 0 Å². The van der Waals surface area contributed by atoms with E-state index >= 15 is 0 Å². The van der Waals surface area contributed by atoms with E-state index in [1.165, 1.54) is 0 Å². The molecule has 1 aliphatic rings. The summed E-state index contributed by atoms with van der Waals surface area (Å²) in [7, 11) is 0. The average Bonchev–Trinajstić information content (AvgIpc) is 3.14. The summed E-state index contributed by atoms with van der Waals surface area (Å²) in [5, 5.41) is 2.78. The number of aromatic nitrogens is 2. The quantitative estimate of drug-likeness (QED) is 0.500. The van der Waals surface area contributed by atoms with Crippen molar-refractivity contribution in [3.63, 3.8) is 0 Å². The van der Waals surface area contributed by atoms with Crippen LogP contribution in [0, 0.1) is 0 Å². The molecule has 1 heterocycles. The molecule has 3 aromatic carbocycles. The molecule has 0 unspecified atom stereocenters. The van der Waals surface area contributed by atoms with Crippen molar-refractivity contribution in [2.24, 2.45) is 0 Å². The summed E-state index contributed by atoms with van der Waals surface area (Å²) in [5.74, 6) is -0.111. The molecule has 0 saturated carbocycles. The van der Waals surface area contributed by atoms with Crippen molar-refractivity contribution in [2.45, 2.75) is 6.42 Å². The first-order valence-corrected chi connectivity index (χ1v) is 9.16. The zero-order valence-electron chi connectivity index (χ0n) is 15.2. The Bertz CT molecular complexity index is 1290. The molecule has 1 aliphatic carbocycles. The molecule has 0 saturated heterocycles. The second kappa shape index (κ2) is 6.53. The van der Waals surface area contributed by atoms with Gasteiger partial charge in [0.15, 0.2) is 11.6 Å². The van der Waals surface area contributed by atoms with Crippen LogP contribution >= 0.6 is 0 Å². The Morgan fingerprint density at radius 2 is 1.48 bits per heavy atom. The fraction of sp³-hybridized carbons (Fsp3) is 0.0435. The number of imidazole rings is 1. The maximum Gasteiger partial charge on any atom is 0.231 e. The van der Waals surface area contributed by atoms with E-state index in [0.29, 0.717) is 33.8 Å². The molecule has 1 aromatic heterocycles. The van der Waals surface area contributed by atoms with Gasteiger partial charge in [0.1, 0.15) is 5.82 Å². The summed E-state index contributed by atoms with van der Waals surface area (Å²) in [4.78, 5) is 45.4. The van der Waals surface area contributed by atoms with Gasteiger partial charge in [-0.3, -0.25) is 14.4 Å². The molecule has 2 N–H and O–H groups in total. The molecular formula is C23H15N3O3. The number of hydrogen-bond donors (Lipinski definition) is 2. The largest absolute Gasteiger partial charge is 0.342 e. The van der Waals surface area contributed by atoms with Crippen LogP contribution in [0.1, 0.15) is 37.7 Å². The smallest absolute Gasteiger partial charge is 0.231 e. The highest BCUT2D eigenvalue weighted by Crippen LogP contribution is 2.29. The summed E-state index contributed by atoms with van der Waals surface area (Å²) < 4.78 is 0. The van der Waals surface area contributed by atoms with Crippen LogP contribution < -0.4 is 5.32 Å². The van der Waals surface area contributed by atoms with Crippen molar-refractivity contribution in [3.05, 3.63) is 94.8 Å². The Morgan fingerprint density at radius 3 is 2.24 bits per heavy atom. The van der Waals surface area contributed by atoms with Gasteiger partial charge in [-0.25, -0.2) is 4.98 Å². The standard InChI is InChI=1S/C23H15N3O3/c27-21(12-20-25-18-7-3-4-8-19(18)26-20)24-13-9-10-16-17(11-13)23(29)15-6-2-1-5-14(15)22(16)28/h1-11H,12H2,(H,24,27)(H,25,26). The average molecular weight is 381 g/mol. The number of ketones is 2. The second-order valence-corrected chi connectivity index (χ2v) is 6.89. The van der Waals surface area contributed by atoms with Crippen molar-refractivity contribution in [2.75, 3.05) is 5.32 Å². The number of amides is 1. The number of benzene rings is 3. The molecule has 140 valence electrons. The zero-order chi connectivity index (χ0) is 20.0. The van der Waals surface area contributed by atoms with Crippen LogP contribution in [0.5, 0.6) is 0 Å². The molecule has 5 rings (SSSR count). The van der Waals surface area contributed by atoms with Crippen LogP contribution in [0.3, 0.4) is 0 Å². The third-order valence-corrected chi connectivity index (χ3v) is 4.98. The molecule has 4 aromatic rings. The van der Waals surface area contributed by atoms with E-state index in [1.807, 2.05) is 24.3 Å². The first-order valence-electron chi connectivity index (χ1n) is 9.16. The van der Waals surface area contributed by atoms with Gasteiger partial charge in [0.2, 0.25) is 5.91 Å². The van der Waals surface area contributed by atoms with E-state index in [0.717, 1.165) is 11.0 Å². The maximum atomic E-state index is 12.8. The second-order valence-electron chi connectivity index (χ2n) is 6.89. The van der Waals surface area contributed by atoms with Crippen molar-refractivity contribution in [1.82, 2.24) is 9.97 Å². The predicted molar refractivity (Wildman–Crippen MR) is 108 cm³/mol. The van der Waals surface area contributed by atoms with Crippen LogP contribution in [-0.4, -0.2) is 27.4 Å². The van der Waals surface area contributed by atoms with E-state index in [1.54, 1.807) is 42.5 Å². The lowest BCUT2D eigenvalue weighted by Crippen LogP contribution is -2.21. The number of carbonyl (C=O) groups is 3. The lowest BCUT2D eigenvalue weighted by Gasteiger charge is -2.18. The van der Waals surface area contributed by atoms with Crippen molar-refractivity contribution < 1.29 is 14.4 Å². The molecule has 29 heavy (non-hydrogen) atoms. The van der Waals surface area contributed by atoms with Crippen LogP contribution in [0.2, 0.25) is 0 Å². The molecule has 6 heteroatoms. The van der Waals surface area contributed by atoms with E-state index in [4.69, 9.17) is 0 Å². The van der Waals surface area contributed by atoms with Gasteiger partial charge < -0.3 is 10.3 Å². The summed E-state index contributed by atoms with van der Waals surface area (Å²) in [5.41, 5.74) is 3.57. The first kappa shape index (κ1) is 17.1. The lowest BCUT2D eigenvalue weighted by molar-refractivity contribution is -0.115. The maximum absolute atomic E-state index is 12.8. The molecule has 0 atom stereocenters. The van der Waals surface area contributed by atoms with Gasteiger partial charge in [0.25, 0.3) is 0 Å². The lowest BCUT2D eigenvalue weighted by atomic mass is 9.84. The minimum Gasteiger partial charge on any atom is -0.342 e. The van der Waals surface area contributed by atoms with E-state index in [9.17, 15) is 14.4 Å². The normalized spacial score (nSPS) is 12.6. The van der Waals surface area contributed by atoms with Crippen molar-refractivity contribution in [3.8, 4) is 0 Å². The number of carbonyl (C=O) groups excluding carboxylic acids is 3. The van der Waals surface area contributed by atoms with Gasteiger partial charge in [0.05, 0.1) is 17.5 Å². The fourth-order valence-corrected chi connectivity index (χ4v) is 3.62. The number of fused-ring (bicyclic) bond motifs is 3. The Hall–Kier alpha value is -4.06. The minimum atomic E-state index is -0.265. The number of nitrogens with zero attached hydrogens (tertiary/aromatic N) is 1. The first-order chi connectivity index (χ1) is 14.1. The number of rotatable bonds is 3. The van der Waals surface area contributed by atoms with Crippen LogP contribution in [0.15, 0.2) is 66.7 Å². The van der Waals surface area contributed by atoms with Gasteiger partial charge >= 0.3 is 0 Å². The zero-order valence-corrected chi connectivity index (χ0v) is 15.2. The van der Waals surface area contributed by atoms with Crippen LogP contribution in [0.4, 0.5) is 5.69 Å².